The smallest absolute Gasteiger partial charge is 0.266 e. The third kappa shape index (κ3) is 6.75. The Morgan fingerprint density at radius 2 is 0.803 bits per heavy atom. The van der Waals surface area contributed by atoms with Gasteiger partial charge in [-0.3, -0.25) is 28.9 Å². The van der Waals surface area contributed by atoms with Gasteiger partial charge >= 0.3 is 0 Å². The monoisotopic (exact) mass is 888 g/mol. The number of benzene rings is 6. The average molecular weight is 891 g/mol. The Morgan fingerprint density at radius 1 is 0.426 bits per heavy atom. The molecule has 6 aromatic carbocycles. The second-order valence-corrected chi connectivity index (χ2v) is 16.9. The molecule has 10 nitrogen and oxygen atoms in total. The van der Waals surface area contributed by atoms with E-state index in [0.29, 0.717) is 60.4 Å². The molecular formula is C47H32Cl4N4O6. The second-order valence-electron chi connectivity index (χ2n) is 15.2. The number of hydrogen-bond acceptors (Lipinski definition) is 8. The van der Waals surface area contributed by atoms with E-state index in [-0.39, 0.29) is 0 Å². The van der Waals surface area contributed by atoms with Crippen LogP contribution in [0.25, 0.3) is 0 Å². The molecule has 61 heavy (non-hydrogen) atoms. The van der Waals surface area contributed by atoms with Crippen LogP contribution >= 0.6 is 46.4 Å². The van der Waals surface area contributed by atoms with Crippen molar-refractivity contribution in [3.8, 4) is 0 Å². The Morgan fingerprint density at radius 3 is 1.16 bits per heavy atom. The number of nitrogens with zero attached hydrogens (tertiary/aromatic N) is 4. The van der Waals surface area contributed by atoms with Crippen molar-refractivity contribution in [3.63, 3.8) is 0 Å². The SMILES string of the molecule is O=C1[C@H]2ON(c3ccccc3)C(c3ccc(Cl)cc3Cl)[C@H]2C(=O)N1c1ccc(Cc2ccc(N3C(=O)[C@@H]4ON(c5ccccc5)C(c5ccc(Cl)cc5Cl)[C@@H]4C3=O)cc2)cc1. The van der Waals surface area contributed by atoms with E-state index in [1.165, 1.54) is 9.80 Å². The van der Waals surface area contributed by atoms with Gasteiger partial charge in [-0.1, -0.05) is 119 Å². The quantitative estimate of drug-likeness (QED) is 0.139. The fourth-order valence-electron chi connectivity index (χ4n) is 8.81. The molecule has 0 aliphatic carbocycles. The molecule has 4 aliphatic heterocycles. The number of hydroxylamine groups is 2. The molecule has 6 aromatic rings. The lowest BCUT2D eigenvalue weighted by atomic mass is 9.90. The van der Waals surface area contributed by atoms with Gasteiger partial charge in [-0.2, -0.15) is 0 Å². The summed E-state index contributed by atoms with van der Waals surface area (Å²) in [5.41, 5.74) is 5.24. The van der Waals surface area contributed by atoms with E-state index in [1.807, 2.05) is 84.9 Å². The highest BCUT2D eigenvalue weighted by Crippen LogP contribution is 2.51. The molecule has 4 heterocycles. The molecule has 6 atom stereocenters. The second kappa shape index (κ2) is 15.6. The predicted molar refractivity (Wildman–Crippen MR) is 234 cm³/mol. The van der Waals surface area contributed by atoms with Crippen LogP contribution in [0.4, 0.5) is 22.7 Å². The lowest BCUT2D eigenvalue weighted by molar-refractivity contribution is -0.127. The van der Waals surface area contributed by atoms with Crippen LogP contribution in [0.5, 0.6) is 0 Å². The molecule has 4 fully saturated rings. The van der Waals surface area contributed by atoms with Crippen molar-refractivity contribution in [1.82, 2.24) is 0 Å². The van der Waals surface area contributed by atoms with E-state index in [0.717, 1.165) is 11.1 Å². The third-order valence-corrected chi connectivity index (χ3v) is 12.7. The Bertz CT molecular complexity index is 2540. The molecule has 0 N–H and O–H groups in total. The number of imide groups is 2. The average Bonchev–Trinajstić information content (AvgIpc) is 3.98. The Kier molecular flexibility index (Phi) is 10.1. The summed E-state index contributed by atoms with van der Waals surface area (Å²) in [4.78, 5) is 71.2. The maximum atomic E-state index is 14.2. The molecule has 0 saturated carbocycles. The van der Waals surface area contributed by atoms with E-state index in [9.17, 15) is 19.2 Å². The summed E-state index contributed by atoms with van der Waals surface area (Å²) in [5, 5.41) is 4.79. The van der Waals surface area contributed by atoms with Crippen LogP contribution in [0.3, 0.4) is 0 Å². The molecule has 0 spiro atoms. The number of amides is 4. The number of carbonyl (C=O) groups is 4. The van der Waals surface area contributed by atoms with Crippen LogP contribution in [-0.4, -0.2) is 35.8 Å². The largest absolute Gasteiger partial charge is 0.273 e. The number of carbonyl (C=O) groups excluding carboxylic acids is 4. The Balaban J connectivity index is 0.859. The summed E-state index contributed by atoms with van der Waals surface area (Å²) in [6, 6.07) is 41.7. The first-order valence-corrected chi connectivity index (χ1v) is 20.9. The molecule has 0 bridgehead atoms. The zero-order chi connectivity index (χ0) is 42.1. The van der Waals surface area contributed by atoms with Gasteiger partial charge in [0.15, 0.2) is 12.2 Å². The number of rotatable bonds is 8. The van der Waals surface area contributed by atoms with Crippen molar-refractivity contribution >= 4 is 92.8 Å². The zero-order valence-corrected chi connectivity index (χ0v) is 34.8. The number of anilines is 4. The van der Waals surface area contributed by atoms with Crippen molar-refractivity contribution in [2.45, 2.75) is 30.7 Å². The minimum Gasteiger partial charge on any atom is -0.273 e. The molecule has 0 aromatic heterocycles. The Hall–Kier alpha value is -5.72. The predicted octanol–water partition coefficient (Wildman–Crippen LogP) is 9.99. The summed E-state index contributed by atoms with van der Waals surface area (Å²) in [6.07, 6.45) is -1.63. The highest BCUT2D eigenvalue weighted by molar-refractivity contribution is 6.36. The molecule has 2 unspecified atom stereocenters. The summed E-state index contributed by atoms with van der Waals surface area (Å²) in [7, 11) is 0. The van der Waals surface area contributed by atoms with E-state index in [1.54, 1.807) is 70.8 Å². The Labute approximate surface area is 370 Å². The molecule has 4 saturated heterocycles. The number of para-hydroxylation sites is 2. The molecule has 0 radical (unpaired) electrons. The zero-order valence-electron chi connectivity index (χ0n) is 31.8. The van der Waals surface area contributed by atoms with Gasteiger partial charge in [-0.25, -0.2) is 19.9 Å². The van der Waals surface area contributed by atoms with Crippen molar-refractivity contribution in [2.24, 2.45) is 11.8 Å². The maximum Gasteiger partial charge on any atom is 0.266 e. The minimum absolute atomic E-state index is 0.359. The van der Waals surface area contributed by atoms with Crippen LogP contribution < -0.4 is 19.9 Å². The lowest BCUT2D eigenvalue weighted by Gasteiger charge is -2.29. The summed E-state index contributed by atoms with van der Waals surface area (Å²) >= 11 is 25.8. The van der Waals surface area contributed by atoms with Crippen LogP contribution in [0.2, 0.25) is 20.1 Å². The van der Waals surface area contributed by atoms with Gasteiger partial charge in [0.05, 0.1) is 34.8 Å². The van der Waals surface area contributed by atoms with Crippen molar-refractivity contribution < 1.29 is 28.9 Å². The minimum atomic E-state index is -1.06. The molecule has 10 rings (SSSR count). The summed E-state index contributed by atoms with van der Waals surface area (Å²) < 4.78 is 0. The topological polar surface area (TPSA) is 99.7 Å². The van der Waals surface area contributed by atoms with Gasteiger partial charge in [0, 0.05) is 20.1 Å². The van der Waals surface area contributed by atoms with Crippen LogP contribution in [-0.2, 0) is 35.3 Å². The van der Waals surface area contributed by atoms with Crippen molar-refractivity contribution in [1.29, 1.82) is 0 Å². The summed E-state index contributed by atoms with van der Waals surface area (Å²) in [6.45, 7) is 0. The standard InChI is InChI=1S/C47H32Cl4N4O6/c48-28-15-21-34(36(50)24-28)40-38-42(60-54(40)32-7-3-1-4-8-32)46(58)52(44(38)56)30-17-11-26(12-18-30)23-27-13-19-31(20-14-27)53-45(57)39-41(35-22-16-29(49)25-37(35)51)55(61-43(39)47(53)59)33-9-5-2-6-10-33/h1-22,24-25,38-43H,23H2/t38-,39+,40?,41?,42+,43-. The van der Waals surface area contributed by atoms with Gasteiger partial charge < -0.3 is 0 Å². The molecular weight excluding hydrogens is 858 g/mol. The van der Waals surface area contributed by atoms with Crippen molar-refractivity contribution in [2.75, 3.05) is 19.9 Å². The van der Waals surface area contributed by atoms with E-state index in [4.69, 9.17) is 56.1 Å². The number of fused-ring (bicyclic) bond motifs is 2. The number of hydrogen-bond donors (Lipinski definition) is 0. The molecule has 4 aliphatic rings. The van der Waals surface area contributed by atoms with E-state index in [2.05, 4.69) is 0 Å². The van der Waals surface area contributed by atoms with Gasteiger partial charge in [-0.15, -0.1) is 0 Å². The molecule has 14 heteroatoms. The van der Waals surface area contributed by atoms with Gasteiger partial charge in [0.25, 0.3) is 11.8 Å². The first-order chi connectivity index (χ1) is 29.6. The van der Waals surface area contributed by atoms with E-state index < -0.39 is 59.8 Å². The fourth-order valence-corrected chi connectivity index (χ4v) is 9.85. The maximum absolute atomic E-state index is 14.2. The highest BCUT2D eigenvalue weighted by atomic mass is 35.5. The third-order valence-electron chi connectivity index (χ3n) is 11.6. The molecule has 4 amide bonds. The van der Waals surface area contributed by atoms with Gasteiger partial charge in [0.2, 0.25) is 11.8 Å². The first kappa shape index (κ1) is 39.4. The molecule has 304 valence electrons. The lowest BCUT2D eigenvalue weighted by Crippen LogP contribution is -2.37. The highest BCUT2D eigenvalue weighted by Gasteiger charge is 2.62. The van der Waals surface area contributed by atoms with E-state index >= 15 is 0 Å². The number of halogens is 4. The van der Waals surface area contributed by atoms with Crippen LogP contribution in [0, 0.1) is 11.8 Å². The van der Waals surface area contributed by atoms with Gasteiger partial charge in [0.1, 0.15) is 11.8 Å². The first-order valence-electron chi connectivity index (χ1n) is 19.4. The van der Waals surface area contributed by atoms with Gasteiger partial charge in [-0.05, 0) is 101 Å². The fraction of sp³-hybridized carbons (Fsp3) is 0.149. The van der Waals surface area contributed by atoms with Crippen molar-refractivity contribution in [3.05, 3.63) is 188 Å². The van der Waals surface area contributed by atoms with Crippen LogP contribution in [0.1, 0.15) is 34.3 Å². The normalized spacial score (nSPS) is 23.3. The summed E-state index contributed by atoms with van der Waals surface area (Å²) in [5.74, 6) is -3.47. The van der Waals surface area contributed by atoms with Crippen LogP contribution in [0.15, 0.2) is 146 Å².